The van der Waals surface area contributed by atoms with Gasteiger partial charge in [-0.3, -0.25) is 4.79 Å². The van der Waals surface area contributed by atoms with Gasteiger partial charge in [-0.05, 0) is 36.6 Å². The van der Waals surface area contributed by atoms with E-state index in [-0.39, 0.29) is 5.78 Å². The molecule has 0 heterocycles. The summed E-state index contributed by atoms with van der Waals surface area (Å²) in [7, 11) is 0. The molecule has 0 N–H and O–H groups in total. The number of thiocarbonyl (C=S) groups is 1. The fraction of sp³-hybridized carbons (Fsp3) is 0.400. The maximum Gasteiger partial charge on any atom is 0.179 e. The SMILES string of the molecule is CCCCC1=CC(=O)C=CC1=S. The van der Waals surface area contributed by atoms with Crippen molar-refractivity contribution in [1.82, 2.24) is 0 Å². The number of hydrogen-bond acceptors (Lipinski definition) is 2. The summed E-state index contributed by atoms with van der Waals surface area (Å²) in [5.74, 6) is 0.0645. The van der Waals surface area contributed by atoms with Crippen LogP contribution in [0.25, 0.3) is 0 Å². The molecule has 0 radical (unpaired) electrons. The highest BCUT2D eigenvalue weighted by Crippen LogP contribution is 2.14. The van der Waals surface area contributed by atoms with Gasteiger partial charge in [0.2, 0.25) is 0 Å². The average molecular weight is 180 g/mol. The van der Waals surface area contributed by atoms with Crippen molar-refractivity contribution < 1.29 is 4.79 Å². The molecular formula is C10H12OS. The molecule has 0 saturated carbocycles. The Balaban J connectivity index is 2.62. The van der Waals surface area contributed by atoms with Crippen LogP contribution in [0.2, 0.25) is 0 Å². The van der Waals surface area contributed by atoms with Gasteiger partial charge in [0, 0.05) is 4.86 Å². The van der Waals surface area contributed by atoms with Crippen LogP contribution in [-0.2, 0) is 4.79 Å². The molecule has 0 aromatic rings. The van der Waals surface area contributed by atoms with Crippen molar-refractivity contribution in [2.45, 2.75) is 26.2 Å². The number of hydrogen-bond donors (Lipinski definition) is 0. The molecule has 0 atom stereocenters. The van der Waals surface area contributed by atoms with E-state index in [9.17, 15) is 4.79 Å². The molecule has 0 aliphatic heterocycles. The first kappa shape index (κ1) is 9.33. The summed E-state index contributed by atoms with van der Waals surface area (Å²) < 4.78 is 0. The van der Waals surface area contributed by atoms with Gasteiger partial charge in [0.05, 0.1) is 0 Å². The van der Waals surface area contributed by atoms with Crippen LogP contribution in [0.15, 0.2) is 23.8 Å². The second-order valence-corrected chi connectivity index (χ2v) is 3.31. The van der Waals surface area contributed by atoms with E-state index in [4.69, 9.17) is 12.2 Å². The fourth-order valence-corrected chi connectivity index (χ4v) is 1.35. The van der Waals surface area contributed by atoms with Gasteiger partial charge in [0.25, 0.3) is 0 Å². The second kappa shape index (κ2) is 4.31. The van der Waals surface area contributed by atoms with Crippen LogP contribution in [0.1, 0.15) is 26.2 Å². The van der Waals surface area contributed by atoms with E-state index in [2.05, 4.69) is 6.92 Å². The minimum absolute atomic E-state index is 0.0645. The van der Waals surface area contributed by atoms with Crippen molar-refractivity contribution in [2.75, 3.05) is 0 Å². The van der Waals surface area contributed by atoms with Gasteiger partial charge >= 0.3 is 0 Å². The molecule has 0 unspecified atom stereocenters. The molecule has 1 nitrogen and oxygen atoms in total. The predicted octanol–water partition coefficient (Wildman–Crippen LogP) is 2.61. The number of carbonyl (C=O) groups excluding carboxylic acids is 1. The van der Waals surface area contributed by atoms with E-state index >= 15 is 0 Å². The first-order chi connectivity index (χ1) is 5.74. The van der Waals surface area contributed by atoms with Crippen molar-refractivity contribution in [3.63, 3.8) is 0 Å². The second-order valence-electron chi connectivity index (χ2n) is 2.87. The maximum absolute atomic E-state index is 11.0. The largest absolute Gasteiger partial charge is 0.290 e. The molecule has 0 fully saturated rings. The zero-order chi connectivity index (χ0) is 8.97. The summed E-state index contributed by atoms with van der Waals surface area (Å²) in [4.78, 5) is 11.8. The Morgan fingerprint density at radius 1 is 1.42 bits per heavy atom. The molecule has 64 valence electrons. The van der Waals surface area contributed by atoms with Gasteiger partial charge in [0.1, 0.15) is 0 Å². The van der Waals surface area contributed by atoms with Gasteiger partial charge in [-0.15, -0.1) is 0 Å². The third-order valence-electron chi connectivity index (χ3n) is 1.83. The molecular weight excluding hydrogens is 168 g/mol. The van der Waals surface area contributed by atoms with Crippen molar-refractivity contribution >= 4 is 22.9 Å². The number of carbonyl (C=O) groups is 1. The lowest BCUT2D eigenvalue weighted by Gasteiger charge is -2.07. The molecule has 0 saturated heterocycles. The number of ketones is 1. The Kier molecular flexibility index (Phi) is 3.35. The van der Waals surface area contributed by atoms with Crippen LogP contribution >= 0.6 is 12.2 Å². The molecule has 12 heavy (non-hydrogen) atoms. The minimum atomic E-state index is 0.0645. The monoisotopic (exact) mass is 180 g/mol. The third kappa shape index (κ3) is 2.38. The fourth-order valence-electron chi connectivity index (χ4n) is 1.12. The lowest BCUT2D eigenvalue weighted by atomic mass is 10.00. The summed E-state index contributed by atoms with van der Waals surface area (Å²) in [5, 5.41) is 0. The quantitative estimate of drug-likeness (QED) is 0.621. The van der Waals surface area contributed by atoms with Crippen molar-refractivity contribution in [2.24, 2.45) is 0 Å². The Morgan fingerprint density at radius 2 is 2.17 bits per heavy atom. The number of rotatable bonds is 3. The van der Waals surface area contributed by atoms with Crippen LogP contribution in [0.3, 0.4) is 0 Å². The standard InChI is InChI=1S/C10H12OS/c1-2-3-4-8-7-9(11)5-6-10(8)12/h5-7H,2-4H2,1H3. The highest BCUT2D eigenvalue weighted by atomic mass is 32.1. The molecule has 1 aliphatic rings. The van der Waals surface area contributed by atoms with Gasteiger partial charge in [-0.25, -0.2) is 0 Å². The van der Waals surface area contributed by atoms with Gasteiger partial charge in [-0.1, -0.05) is 25.6 Å². The van der Waals surface area contributed by atoms with Crippen LogP contribution < -0.4 is 0 Å². The Labute approximate surface area is 78.2 Å². The topological polar surface area (TPSA) is 17.1 Å². The average Bonchev–Trinajstić information content (AvgIpc) is 2.07. The Morgan fingerprint density at radius 3 is 2.83 bits per heavy atom. The van der Waals surface area contributed by atoms with Crippen LogP contribution in [0.5, 0.6) is 0 Å². The number of allylic oxidation sites excluding steroid dienone is 4. The van der Waals surface area contributed by atoms with E-state index in [0.717, 1.165) is 29.7 Å². The zero-order valence-corrected chi connectivity index (χ0v) is 7.99. The summed E-state index contributed by atoms with van der Waals surface area (Å²) >= 11 is 5.09. The van der Waals surface area contributed by atoms with Crippen LogP contribution in [0.4, 0.5) is 0 Å². The summed E-state index contributed by atoms with van der Waals surface area (Å²) in [6, 6.07) is 0. The normalized spacial score (nSPS) is 16.6. The lowest BCUT2D eigenvalue weighted by Crippen LogP contribution is -2.05. The molecule has 0 aromatic heterocycles. The van der Waals surface area contributed by atoms with Crippen molar-refractivity contribution in [1.29, 1.82) is 0 Å². The van der Waals surface area contributed by atoms with Crippen molar-refractivity contribution in [3.8, 4) is 0 Å². The molecule has 0 aromatic carbocycles. The minimum Gasteiger partial charge on any atom is -0.290 e. The summed E-state index contributed by atoms with van der Waals surface area (Å²) in [6.07, 6.45) is 8.08. The molecule has 0 bridgehead atoms. The Bertz CT molecular complexity index is 261. The smallest absolute Gasteiger partial charge is 0.179 e. The van der Waals surface area contributed by atoms with Crippen LogP contribution in [-0.4, -0.2) is 10.6 Å². The third-order valence-corrected chi connectivity index (χ3v) is 2.23. The van der Waals surface area contributed by atoms with Gasteiger partial charge in [0.15, 0.2) is 5.78 Å². The predicted molar refractivity (Wildman–Crippen MR) is 54.4 cm³/mol. The van der Waals surface area contributed by atoms with E-state index in [1.807, 2.05) is 0 Å². The van der Waals surface area contributed by atoms with E-state index < -0.39 is 0 Å². The van der Waals surface area contributed by atoms with Gasteiger partial charge < -0.3 is 0 Å². The Hall–Kier alpha value is -0.760. The van der Waals surface area contributed by atoms with Crippen LogP contribution in [0, 0.1) is 0 Å². The molecule has 0 spiro atoms. The van der Waals surface area contributed by atoms with E-state index in [1.165, 1.54) is 6.08 Å². The highest BCUT2D eigenvalue weighted by molar-refractivity contribution is 7.81. The maximum atomic E-state index is 11.0. The van der Waals surface area contributed by atoms with Gasteiger partial charge in [-0.2, -0.15) is 0 Å². The highest BCUT2D eigenvalue weighted by Gasteiger charge is 2.08. The molecule has 1 rings (SSSR count). The zero-order valence-electron chi connectivity index (χ0n) is 7.17. The number of unbranched alkanes of at least 4 members (excludes halogenated alkanes) is 1. The molecule has 0 amide bonds. The van der Waals surface area contributed by atoms with E-state index in [1.54, 1.807) is 12.2 Å². The molecule has 1 aliphatic carbocycles. The lowest BCUT2D eigenvalue weighted by molar-refractivity contribution is -0.110. The van der Waals surface area contributed by atoms with E-state index in [0.29, 0.717) is 0 Å². The summed E-state index contributed by atoms with van der Waals surface area (Å²) in [5.41, 5.74) is 1.03. The first-order valence-corrected chi connectivity index (χ1v) is 4.62. The summed E-state index contributed by atoms with van der Waals surface area (Å²) in [6.45, 7) is 2.13. The molecule has 2 heteroatoms. The first-order valence-electron chi connectivity index (χ1n) is 4.21. The van der Waals surface area contributed by atoms with Crippen molar-refractivity contribution in [3.05, 3.63) is 23.8 Å².